The van der Waals surface area contributed by atoms with Crippen LogP contribution in [0.3, 0.4) is 0 Å². The molecule has 0 aliphatic carbocycles. The van der Waals surface area contributed by atoms with E-state index >= 15 is 0 Å². The van der Waals surface area contributed by atoms with E-state index in [4.69, 9.17) is 0 Å². The van der Waals surface area contributed by atoms with Crippen LogP contribution in [0, 0.1) is 6.92 Å². The van der Waals surface area contributed by atoms with Crippen molar-refractivity contribution in [1.29, 1.82) is 0 Å². The fourth-order valence-electron chi connectivity index (χ4n) is 3.75. The molecule has 2 fully saturated rings. The Morgan fingerprint density at radius 1 is 1.04 bits per heavy atom. The van der Waals surface area contributed by atoms with E-state index in [0.29, 0.717) is 26.2 Å². The van der Waals surface area contributed by atoms with Gasteiger partial charge >= 0.3 is 0 Å². The molecule has 1 aromatic carbocycles. The number of hydrogen-bond acceptors (Lipinski definition) is 6. The Balaban J connectivity index is 1.27. The van der Waals surface area contributed by atoms with Crippen LogP contribution in [0.5, 0.6) is 0 Å². The first-order chi connectivity index (χ1) is 13.4. The van der Waals surface area contributed by atoms with Crippen LogP contribution in [0.2, 0.25) is 0 Å². The standard InChI is InChI=1S/C20H32N4O3S/c1-18-4-2-5-19(16-18)24-10-8-22(9-11-24)7-3-6-21-20(25)17-23-12-14-28(26,27)15-13-23/h2,4-5,16H,3,6-15,17H2,1H3,(H,21,25). The van der Waals surface area contributed by atoms with Crippen molar-refractivity contribution in [2.24, 2.45) is 0 Å². The van der Waals surface area contributed by atoms with Gasteiger partial charge in [0, 0.05) is 51.5 Å². The van der Waals surface area contributed by atoms with Crippen LogP contribution >= 0.6 is 0 Å². The minimum absolute atomic E-state index is 0.0106. The van der Waals surface area contributed by atoms with Crippen LogP contribution in [0.25, 0.3) is 0 Å². The van der Waals surface area contributed by atoms with Gasteiger partial charge in [0.15, 0.2) is 9.84 Å². The lowest BCUT2D eigenvalue weighted by Crippen LogP contribution is -2.47. The number of sulfone groups is 1. The van der Waals surface area contributed by atoms with Gasteiger partial charge in [-0.25, -0.2) is 8.42 Å². The van der Waals surface area contributed by atoms with Crippen LogP contribution in [0.4, 0.5) is 5.69 Å². The van der Waals surface area contributed by atoms with Gasteiger partial charge in [-0.1, -0.05) is 12.1 Å². The van der Waals surface area contributed by atoms with Crippen LogP contribution in [0.1, 0.15) is 12.0 Å². The number of rotatable bonds is 7. The van der Waals surface area contributed by atoms with E-state index in [0.717, 1.165) is 39.1 Å². The number of aryl methyl sites for hydroxylation is 1. The molecule has 156 valence electrons. The van der Waals surface area contributed by atoms with Crippen LogP contribution < -0.4 is 10.2 Å². The van der Waals surface area contributed by atoms with Gasteiger partial charge in [0.2, 0.25) is 5.91 Å². The summed E-state index contributed by atoms with van der Waals surface area (Å²) in [6.07, 6.45) is 0.935. The van der Waals surface area contributed by atoms with E-state index < -0.39 is 9.84 Å². The number of piperazine rings is 1. The summed E-state index contributed by atoms with van der Waals surface area (Å²) in [5, 5.41) is 2.96. The zero-order chi connectivity index (χ0) is 20.0. The van der Waals surface area contributed by atoms with Crippen LogP contribution in [-0.4, -0.2) is 94.5 Å². The number of hydrogen-bond donors (Lipinski definition) is 1. The minimum atomic E-state index is -2.89. The minimum Gasteiger partial charge on any atom is -0.369 e. The van der Waals surface area contributed by atoms with Crippen LogP contribution in [0.15, 0.2) is 24.3 Å². The third kappa shape index (κ3) is 6.46. The fourth-order valence-corrected chi connectivity index (χ4v) is 5.03. The van der Waals surface area contributed by atoms with Gasteiger partial charge in [0.25, 0.3) is 0 Å². The zero-order valence-electron chi connectivity index (χ0n) is 16.8. The van der Waals surface area contributed by atoms with Gasteiger partial charge in [-0.15, -0.1) is 0 Å². The molecule has 0 bridgehead atoms. The largest absolute Gasteiger partial charge is 0.369 e. The first kappa shape index (κ1) is 21.1. The Hall–Kier alpha value is -1.64. The maximum atomic E-state index is 12.0. The molecule has 2 heterocycles. The molecular weight excluding hydrogens is 376 g/mol. The van der Waals surface area contributed by atoms with Crippen molar-refractivity contribution in [3.63, 3.8) is 0 Å². The van der Waals surface area contributed by atoms with E-state index in [2.05, 4.69) is 46.3 Å². The highest BCUT2D eigenvalue weighted by atomic mass is 32.2. The normalized spacial score (nSPS) is 20.8. The van der Waals surface area contributed by atoms with Crippen LogP contribution in [-0.2, 0) is 14.6 Å². The second kappa shape index (κ2) is 9.71. The molecule has 0 saturated carbocycles. The number of benzene rings is 1. The van der Waals surface area contributed by atoms with E-state index in [9.17, 15) is 13.2 Å². The summed E-state index contributed by atoms with van der Waals surface area (Å²) < 4.78 is 22.8. The molecule has 1 N–H and O–H groups in total. The lowest BCUT2D eigenvalue weighted by Gasteiger charge is -2.36. The summed E-state index contributed by atoms with van der Waals surface area (Å²) in [4.78, 5) is 18.8. The number of amides is 1. The van der Waals surface area contributed by atoms with E-state index in [1.54, 1.807) is 0 Å². The van der Waals surface area contributed by atoms with Gasteiger partial charge in [0.05, 0.1) is 18.1 Å². The Labute approximate surface area is 168 Å². The second-order valence-electron chi connectivity index (χ2n) is 7.80. The topological polar surface area (TPSA) is 73.0 Å². The molecule has 1 aromatic rings. The van der Waals surface area contributed by atoms with Crippen molar-refractivity contribution in [3.8, 4) is 0 Å². The Bertz CT molecular complexity index is 746. The average Bonchev–Trinajstić information content (AvgIpc) is 2.67. The molecule has 0 aromatic heterocycles. The third-order valence-electron chi connectivity index (χ3n) is 5.52. The monoisotopic (exact) mass is 408 g/mol. The Kier molecular flexibility index (Phi) is 7.31. The lowest BCUT2D eigenvalue weighted by atomic mass is 10.2. The molecule has 7 nitrogen and oxygen atoms in total. The van der Waals surface area contributed by atoms with E-state index in [1.807, 2.05) is 4.90 Å². The maximum absolute atomic E-state index is 12.0. The van der Waals surface area contributed by atoms with Gasteiger partial charge in [-0.2, -0.15) is 0 Å². The summed E-state index contributed by atoms with van der Waals surface area (Å²) >= 11 is 0. The molecule has 2 aliphatic rings. The molecular formula is C20H32N4O3S. The second-order valence-corrected chi connectivity index (χ2v) is 10.1. The highest BCUT2D eigenvalue weighted by Crippen LogP contribution is 2.17. The number of nitrogens with one attached hydrogen (secondary N) is 1. The summed E-state index contributed by atoms with van der Waals surface area (Å²) in [6.45, 7) is 9.16. The molecule has 28 heavy (non-hydrogen) atoms. The maximum Gasteiger partial charge on any atom is 0.234 e. The van der Waals surface area contributed by atoms with Crippen molar-refractivity contribution < 1.29 is 13.2 Å². The first-order valence-electron chi connectivity index (χ1n) is 10.1. The highest BCUT2D eigenvalue weighted by molar-refractivity contribution is 7.91. The van der Waals surface area contributed by atoms with Crippen molar-refractivity contribution >= 4 is 21.4 Å². The molecule has 0 atom stereocenters. The quantitative estimate of drug-likeness (QED) is 0.657. The number of nitrogens with zero attached hydrogens (tertiary/aromatic N) is 3. The Morgan fingerprint density at radius 2 is 1.75 bits per heavy atom. The fraction of sp³-hybridized carbons (Fsp3) is 0.650. The smallest absolute Gasteiger partial charge is 0.234 e. The molecule has 0 unspecified atom stereocenters. The first-order valence-corrected chi connectivity index (χ1v) is 12.0. The molecule has 8 heteroatoms. The number of anilines is 1. The Morgan fingerprint density at radius 3 is 2.43 bits per heavy atom. The van der Waals surface area contributed by atoms with E-state index in [-0.39, 0.29) is 17.4 Å². The summed E-state index contributed by atoms with van der Waals surface area (Å²) in [5.41, 5.74) is 2.60. The predicted molar refractivity (Wildman–Crippen MR) is 113 cm³/mol. The predicted octanol–water partition coefficient (Wildman–Crippen LogP) is 0.354. The third-order valence-corrected chi connectivity index (χ3v) is 7.13. The molecule has 2 saturated heterocycles. The van der Waals surface area contributed by atoms with Crippen molar-refractivity contribution in [1.82, 2.24) is 15.1 Å². The van der Waals surface area contributed by atoms with Gasteiger partial charge in [-0.3, -0.25) is 14.6 Å². The van der Waals surface area contributed by atoms with Gasteiger partial charge in [0.1, 0.15) is 0 Å². The van der Waals surface area contributed by atoms with E-state index in [1.165, 1.54) is 11.3 Å². The molecule has 3 rings (SSSR count). The number of carbonyl (C=O) groups is 1. The average molecular weight is 409 g/mol. The van der Waals surface area contributed by atoms with Crippen molar-refractivity contribution in [3.05, 3.63) is 29.8 Å². The molecule has 0 spiro atoms. The van der Waals surface area contributed by atoms with Gasteiger partial charge in [-0.05, 0) is 37.6 Å². The SMILES string of the molecule is Cc1cccc(N2CCN(CCCNC(=O)CN3CCS(=O)(=O)CC3)CC2)c1. The molecule has 1 amide bonds. The van der Waals surface area contributed by atoms with Crippen molar-refractivity contribution in [2.45, 2.75) is 13.3 Å². The summed E-state index contributed by atoms with van der Waals surface area (Å²) in [7, 11) is -2.89. The van der Waals surface area contributed by atoms with Crippen molar-refractivity contribution in [2.75, 3.05) is 75.3 Å². The summed E-state index contributed by atoms with van der Waals surface area (Å²) in [6, 6.07) is 8.66. The molecule has 2 aliphatic heterocycles. The zero-order valence-corrected chi connectivity index (χ0v) is 17.6. The highest BCUT2D eigenvalue weighted by Gasteiger charge is 2.23. The molecule has 0 radical (unpaired) electrons. The lowest BCUT2D eigenvalue weighted by molar-refractivity contribution is -0.122. The van der Waals surface area contributed by atoms with Gasteiger partial charge < -0.3 is 10.2 Å². The summed E-state index contributed by atoms with van der Waals surface area (Å²) in [5.74, 6) is 0.312. The number of carbonyl (C=O) groups excluding carboxylic acids is 1.